The largest absolute Gasteiger partial charge is 0.418 e. The molecule has 152 valence electrons. The van der Waals surface area contributed by atoms with Crippen molar-refractivity contribution in [2.75, 3.05) is 13.1 Å². The number of hydroxylamine groups is 2. The molecule has 28 heavy (non-hydrogen) atoms. The van der Waals surface area contributed by atoms with Crippen molar-refractivity contribution in [2.45, 2.75) is 31.0 Å². The number of amides is 3. The molecule has 2 fully saturated rings. The van der Waals surface area contributed by atoms with Gasteiger partial charge in [0.15, 0.2) is 5.78 Å². The summed E-state index contributed by atoms with van der Waals surface area (Å²) in [4.78, 5) is 38.1. The summed E-state index contributed by atoms with van der Waals surface area (Å²) in [7, 11) is -4.85. The van der Waals surface area contributed by atoms with E-state index in [0.717, 1.165) is 4.90 Å². The molecular weight excluding hydrogens is 392 g/mol. The van der Waals surface area contributed by atoms with E-state index < -0.39 is 46.2 Å². The van der Waals surface area contributed by atoms with E-state index in [4.69, 9.17) is 10.3 Å². The van der Waals surface area contributed by atoms with Crippen molar-refractivity contribution in [1.82, 2.24) is 15.3 Å². The van der Waals surface area contributed by atoms with Crippen LogP contribution in [0.3, 0.4) is 0 Å². The summed E-state index contributed by atoms with van der Waals surface area (Å²) in [5.41, 5.74) is 6.51. The van der Waals surface area contributed by atoms with Crippen LogP contribution in [0.5, 0.6) is 0 Å². The Kier molecular flexibility index (Phi) is 5.65. The van der Waals surface area contributed by atoms with Gasteiger partial charge in [-0.2, -0.15) is 13.5 Å². The molecule has 2 heterocycles. The van der Waals surface area contributed by atoms with Crippen molar-refractivity contribution < 1.29 is 31.6 Å². The third kappa shape index (κ3) is 4.30. The topological polar surface area (TPSA) is 159 Å². The molecule has 0 aromatic heterocycles. The van der Waals surface area contributed by atoms with Gasteiger partial charge in [0.25, 0.3) is 0 Å². The van der Waals surface area contributed by atoms with Crippen LogP contribution < -0.4 is 11.1 Å². The number of urea groups is 1. The first kappa shape index (κ1) is 20.2. The zero-order chi connectivity index (χ0) is 20.5. The Morgan fingerprint density at radius 3 is 2.61 bits per heavy atom. The van der Waals surface area contributed by atoms with Gasteiger partial charge in [-0.25, -0.2) is 4.79 Å². The molecule has 3 rings (SSSR count). The van der Waals surface area contributed by atoms with E-state index in [9.17, 15) is 22.8 Å². The third-order valence-corrected chi connectivity index (χ3v) is 5.09. The summed E-state index contributed by atoms with van der Waals surface area (Å²) in [5, 5.41) is 3.03. The molecule has 4 N–H and O–H groups in total. The summed E-state index contributed by atoms with van der Waals surface area (Å²) in [5.74, 6) is -0.938. The molecule has 0 aliphatic carbocycles. The Labute approximate surface area is 161 Å². The Balaban J connectivity index is 1.58. The number of Topliss-reactive ketones (excluding diaryl/α,β-unsaturated/α-hetero) is 1. The Morgan fingerprint density at radius 1 is 1.29 bits per heavy atom. The predicted octanol–water partition coefficient (Wildman–Crippen LogP) is -0.625. The van der Waals surface area contributed by atoms with Crippen LogP contribution >= 0.6 is 0 Å². The maximum absolute atomic E-state index is 12.5. The second kappa shape index (κ2) is 7.83. The fraction of sp³-hybridized carbons (Fsp3) is 0.438. The summed E-state index contributed by atoms with van der Waals surface area (Å²) in [6.45, 7) is -0.230. The normalized spacial score (nSPS) is 22.9. The second-order valence-corrected chi connectivity index (χ2v) is 7.59. The first-order valence-corrected chi connectivity index (χ1v) is 9.91. The molecule has 2 bridgehead atoms. The number of nitrogens with one attached hydrogen (secondary N) is 1. The molecule has 3 atom stereocenters. The number of carbonyl (C=O) groups excluding carboxylic acids is 3. The second-order valence-electron chi connectivity index (χ2n) is 6.58. The number of benzene rings is 1. The Morgan fingerprint density at radius 2 is 1.96 bits per heavy atom. The number of piperidine rings is 1. The molecule has 1 unspecified atom stereocenters. The fourth-order valence-electron chi connectivity index (χ4n) is 3.35. The molecule has 1 aromatic carbocycles. The van der Waals surface area contributed by atoms with Crippen LogP contribution in [0.15, 0.2) is 30.3 Å². The SMILES string of the molecule is NC(C(=O)CNC(=O)[C@@H]1CC[C@@H]2CN1C(=O)N2OS(=O)(=O)O)c1ccccc1. The van der Waals surface area contributed by atoms with Crippen molar-refractivity contribution in [2.24, 2.45) is 5.73 Å². The van der Waals surface area contributed by atoms with Crippen molar-refractivity contribution in [1.29, 1.82) is 0 Å². The van der Waals surface area contributed by atoms with Crippen molar-refractivity contribution in [3.8, 4) is 0 Å². The van der Waals surface area contributed by atoms with Crippen LogP contribution in [0, 0.1) is 0 Å². The highest BCUT2D eigenvalue weighted by molar-refractivity contribution is 7.80. The summed E-state index contributed by atoms with van der Waals surface area (Å²) >= 11 is 0. The van der Waals surface area contributed by atoms with Gasteiger partial charge in [-0.05, 0) is 18.4 Å². The highest BCUT2D eigenvalue weighted by atomic mass is 32.3. The molecule has 1 aromatic rings. The monoisotopic (exact) mass is 412 g/mol. The summed E-state index contributed by atoms with van der Waals surface area (Å²) in [6.07, 6.45) is 0.555. The lowest BCUT2D eigenvalue weighted by Crippen LogP contribution is -2.51. The summed E-state index contributed by atoms with van der Waals surface area (Å²) in [6, 6.07) is 5.51. The number of carbonyl (C=O) groups is 3. The number of rotatable bonds is 7. The van der Waals surface area contributed by atoms with E-state index in [2.05, 4.69) is 9.60 Å². The van der Waals surface area contributed by atoms with Crippen molar-refractivity contribution >= 4 is 28.1 Å². The van der Waals surface area contributed by atoms with Gasteiger partial charge in [0, 0.05) is 6.54 Å². The first-order valence-electron chi connectivity index (χ1n) is 8.55. The van der Waals surface area contributed by atoms with Crippen LogP contribution in [0.25, 0.3) is 0 Å². The van der Waals surface area contributed by atoms with E-state index >= 15 is 0 Å². The van der Waals surface area contributed by atoms with Gasteiger partial charge < -0.3 is 16.0 Å². The number of nitrogens with two attached hydrogens (primary N) is 1. The van der Waals surface area contributed by atoms with Gasteiger partial charge in [-0.1, -0.05) is 30.3 Å². The average molecular weight is 412 g/mol. The van der Waals surface area contributed by atoms with Crippen LogP contribution in [-0.4, -0.2) is 65.8 Å². The van der Waals surface area contributed by atoms with Crippen molar-refractivity contribution in [3.05, 3.63) is 35.9 Å². The lowest BCUT2D eigenvalue weighted by atomic mass is 10.00. The minimum atomic E-state index is -4.85. The van der Waals surface area contributed by atoms with E-state index in [0.29, 0.717) is 17.0 Å². The quantitative estimate of drug-likeness (QED) is 0.499. The lowest BCUT2D eigenvalue weighted by Gasteiger charge is -2.29. The molecule has 11 nitrogen and oxygen atoms in total. The van der Waals surface area contributed by atoms with Gasteiger partial charge in [0.1, 0.15) is 6.04 Å². The highest BCUT2D eigenvalue weighted by Crippen LogP contribution is 2.30. The Bertz CT molecular complexity index is 876. The smallest absolute Gasteiger partial charge is 0.347 e. The van der Waals surface area contributed by atoms with Gasteiger partial charge in [0.2, 0.25) is 5.91 Å². The summed E-state index contributed by atoms with van der Waals surface area (Å²) < 4.78 is 34.9. The zero-order valence-electron chi connectivity index (χ0n) is 14.7. The van der Waals surface area contributed by atoms with E-state index in [1.54, 1.807) is 30.3 Å². The van der Waals surface area contributed by atoms with Gasteiger partial charge in [0.05, 0.1) is 18.6 Å². The van der Waals surface area contributed by atoms with Gasteiger partial charge >= 0.3 is 16.4 Å². The number of nitrogens with zero attached hydrogens (tertiary/aromatic N) is 2. The number of hydrogen-bond donors (Lipinski definition) is 3. The Hall–Kier alpha value is -2.54. The average Bonchev–Trinajstić information content (AvgIpc) is 2.89. The van der Waals surface area contributed by atoms with Crippen LogP contribution in [0.1, 0.15) is 24.4 Å². The molecule has 2 aliphatic heterocycles. The molecule has 3 amide bonds. The molecule has 0 saturated carbocycles. The first-order chi connectivity index (χ1) is 13.2. The van der Waals surface area contributed by atoms with Gasteiger partial charge in [-0.15, -0.1) is 4.28 Å². The molecule has 2 saturated heterocycles. The molecule has 2 aliphatic rings. The molecule has 0 radical (unpaired) electrons. The number of ketones is 1. The van der Waals surface area contributed by atoms with Gasteiger partial charge in [-0.3, -0.25) is 14.1 Å². The third-order valence-electron chi connectivity index (χ3n) is 4.74. The van der Waals surface area contributed by atoms with Crippen LogP contribution in [-0.2, 0) is 24.3 Å². The van der Waals surface area contributed by atoms with Crippen molar-refractivity contribution in [3.63, 3.8) is 0 Å². The number of hydrogen-bond acceptors (Lipinski definition) is 7. The molecule has 12 heteroatoms. The molecular formula is C16H20N4O7S. The van der Waals surface area contributed by atoms with E-state index in [1.165, 1.54) is 0 Å². The highest BCUT2D eigenvalue weighted by Gasteiger charge is 2.49. The minimum absolute atomic E-state index is 0.0733. The van der Waals surface area contributed by atoms with E-state index in [-0.39, 0.29) is 19.5 Å². The van der Waals surface area contributed by atoms with E-state index in [1.807, 2.05) is 0 Å². The number of fused-ring (bicyclic) bond motifs is 2. The molecule has 0 spiro atoms. The predicted molar refractivity (Wildman–Crippen MR) is 94.8 cm³/mol. The maximum Gasteiger partial charge on any atom is 0.418 e. The lowest BCUT2D eigenvalue weighted by molar-refractivity contribution is -0.129. The fourth-order valence-corrected chi connectivity index (χ4v) is 3.74. The zero-order valence-corrected chi connectivity index (χ0v) is 15.5. The maximum atomic E-state index is 12.5. The van der Waals surface area contributed by atoms with Crippen LogP contribution in [0.4, 0.5) is 4.79 Å². The standard InChI is InChI=1S/C16H20N4O7S/c17-14(10-4-2-1-3-5-10)13(21)8-18-15(22)12-7-6-11-9-19(12)16(23)20(11)27-28(24,25)26/h1-5,11-12,14H,6-9,17H2,(H,18,22)(H,24,25,26)/t11-,12+,14?/m1/s1. The van der Waals surface area contributed by atoms with Crippen LogP contribution in [0.2, 0.25) is 0 Å². The minimum Gasteiger partial charge on any atom is -0.347 e.